The van der Waals surface area contributed by atoms with E-state index in [-0.39, 0.29) is 4.08 Å². The molecule has 0 unspecified atom stereocenters. The maximum atomic E-state index is 12.7. The van der Waals surface area contributed by atoms with Crippen molar-refractivity contribution in [2.24, 2.45) is 0 Å². The lowest BCUT2D eigenvalue weighted by atomic mass is 9.78. The van der Waals surface area contributed by atoms with Crippen LogP contribution in [0.3, 0.4) is 0 Å². The van der Waals surface area contributed by atoms with Crippen LogP contribution in [-0.4, -0.2) is 46.2 Å². The van der Waals surface area contributed by atoms with E-state index in [9.17, 15) is 5.11 Å². The molecule has 156 valence electrons. The zero-order valence-corrected chi connectivity index (χ0v) is 19.4. The van der Waals surface area contributed by atoms with E-state index in [1.165, 1.54) is 6.42 Å². The second-order valence-corrected chi connectivity index (χ2v) is 11.2. The van der Waals surface area contributed by atoms with Crippen molar-refractivity contribution in [3.05, 3.63) is 70.8 Å². The highest BCUT2D eigenvalue weighted by atomic mass is 32.2. The number of aliphatic hydroxyl groups is 1. The number of hydrogen-bond donors (Lipinski definition) is 1. The summed E-state index contributed by atoms with van der Waals surface area (Å²) in [7, 11) is 4.08. The van der Waals surface area contributed by atoms with Crippen LogP contribution in [-0.2, 0) is 5.60 Å². The van der Waals surface area contributed by atoms with Crippen molar-refractivity contribution in [3.63, 3.8) is 0 Å². The summed E-state index contributed by atoms with van der Waals surface area (Å²) in [6.07, 6.45) is 7.11. The van der Waals surface area contributed by atoms with Crippen molar-refractivity contribution in [3.8, 4) is 11.8 Å². The van der Waals surface area contributed by atoms with Gasteiger partial charge >= 0.3 is 0 Å². The molecule has 1 N–H and O–H groups in total. The zero-order valence-electron chi connectivity index (χ0n) is 17.7. The van der Waals surface area contributed by atoms with Gasteiger partial charge in [0.15, 0.2) is 0 Å². The topological polar surface area (TPSA) is 23.5 Å². The van der Waals surface area contributed by atoms with Crippen molar-refractivity contribution in [1.29, 1.82) is 0 Å². The Morgan fingerprint density at radius 1 is 0.900 bits per heavy atom. The lowest BCUT2D eigenvalue weighted by Gasteiger charge is -2.49. The molecule has 1 aliphatic carbocycles. The highest BCUT2D eigenvalue weighted by Gasteiger charge is 2.55. The molecule has 0 amide bonds. The van der Waals surface area contributed by atoms with Gasteiger partial charge in [-0.2, -0.15) is 0 Å². The van der Waals surface area contributed by atoms with Gasteiger partial charge in [-0.15, -0.1) is 29.4 Å². The van der Waals surface area contributed by atoms with Gasteiger partial charge in [0.2, 0.25) is 0 Å². The van der Waals surface area contributed by atoms with Gasteiger partial charge < -0.3 is 5.11 Å². The van der Waals surface area contributed by atoms with E-state index >= 15 is 0 Å². The standard InChI is InChI=1S/C26H29NOS2/c1-27(2)18-9-3-8-17-25(29-19-10-20-30-25)26(28)23-13-6-4-11-21(23)15-16-22-12-5-7-14-24(22)26/h4-7,11-16,28H,8,10,17-20H2,1-2H3. The van der Waals surface area contributed by atoms with E-state index in [4.69, 9.17) is 0 Å². The first-order chi connectivity index (χ1) is 14.6. The molecule has 1 saturated heterocycles. The third-order valence-electron chi connectivity index (χ3n) is 5.75. The van der Waals surface area contributed by atoms with Crippen LogP contribution in [0.4, 0.5) is 0 Å². The fourth-order valence-electron chi connectivity index (χ4n) is 4.32. The van der Waals surface area contributed by atoms with E-state index < -0.39 is 5.60 Å². The van der Waals surface area contributed by atoms with Crippen molar-refractivity contribution in [1.82, 2.24) is 4.90 Å². The predicted molar refractivity (Wildman–Crippen MR) is 133 cm³/mol. The van der Waals surface area contributed by atoms with Crippen LogP contribution in [0.25, 0.3) is 12.2 Å². The molecule has 1 fully saturated rings. The van der Waals surface area contributed by atoms with Crippen LogP contribution >= 0.6 is 23.5 Å². The van der Waals surface area contributed by atoms with Crippen molar-refractivity contribution >= 4 is 35.7 Å². The molecule has 2 aliphatic rings. The van der Waals surface area contributed by atoms with Gasteiger partial charge in [-0.05, 0) is 60.7 Å². The average Bonchev–Trinajstić information content (AvgIpc) is 2.90. The first-order valence-corrected chi connectivity index (χ1v) is 12.5. The van der Waals surface area contributed by atoms with E-state index in [0.717, 1.165) is 53.1 Å². The monoisotopic (exact) mass is 435 g/mol. The molecule has 2 aromatic rings. The molecule has 1 heterocycles. The number of nitrogens with zero attached hydrogens (tertiary/aromatic N) is 1. The summed E-state index contributed by atoms with van der Waals surface area (Å²) in [5.41, 5.74) is 3.13. The van der Waals surface area contributed by atoms with E-state index in [1.54, 1.807) is 0 Å². The smallest absolute Gasteiger partial charge is 0.139 e. The second-order valence-electron chi connectivity index (χ2n) is 8.11. The lowest BCUT2D eigenvalue weighted by Crippen LogP contribution is -2.50. The Labute approximate surface area is 189 Å². The first kappa shape index (κ1) is 21.6. The maximum Gasteiger partial charge on any atom is 0.139 e. The maximum absolute atomic E-state index is 12.7. The Hall–Kier alpha value is -1.64. The molecular formula is C26H29NOS2. The van der Waals surface area contributed by atoms with Crippen LogP contribution in [0, 0.1) is 11.8 Å². The molecule has 4 rings (SSSR count). The minimum atomic E-state index is -1.08. The van der Waals surface area contributed by atoms with Gasteiger partial charge in [0.25, 0.3) is 0 Å². The van der Waals surface area contributed by atoms with E-state index in [2.05, 4.69) is 65.3 Å². The highest BCUT2D eigenvalue weighted by molar-refractivity contribution is 8.18. The average molecular weight is 436 g/mol. The Morgan fingerprint density at radius 3 is 2.03 bits per heavy atom. The van der Waals surface area contributed by atoms with Crippen LogP contribution < -0.4 is 0 Å². The highest BCUT2D eigenvalue weighted by Crippen LogP contribution is 2.60. The molecule has 0 bridgehead atoms. The van der Waals surface area contributed by atoms with Crippen molar-refractivity contribution in [2.75, 3.05) is 32.1 Å². The summed E-state index contributed by atoms with van der Waals surface area (Å²) in [4.78, 5) is 2.09. The minimum absolute atomic E-state index is 0.365. The van der Waals surface area contributed by atoms with Crippen LogP contribution in [0.15, 0.2) is 48.5 Å². The quantitative estimate of drug-likeness (QED) is 0.657. The van der Waals surface area contributed by atoms with Gasteiger partial charge in [0.05, 0.1) is 10.6 Å². The summed E-state index contributed by atoms with van der Waals surface area (Å²) in [6, 6.07) is 16.7. The molecule has 2 aromatic carbocycles. The molecule has 0 aromatic heterocycles. The first-order valence-electron chi connectivity index (χ1n) is 10.5. The molecule has 0 spiro atoms. The number of hydrogen-bond acceptors (Lipinski definition) is 4. The molecule has 2 nitrogen and oxygen atoms in total. The van der Waals surface area contributed by atoms with Gasteiger partial charge in [0, 0.05) is 6.42 Å². The van der Waals surface area contributed by atoms with Crippen LogP contribution in [0.1, 0.15) is 41.5 Å². The molecular weight excluding hydrogens is 406 g/mol. The van der Waals surface area contributed by atoms with Crippen LogP contribution in [0.5, 0.6) is 0 Å². The predicted octanol–water partition coefficient (Wildman–Crippen LogP) is 5.32. The van der Waals surface area contributed by atoms with E-state index in [0.29, 0.717) is 0 Å². The summed E-state index contributed by atoms with van der Waals surface area (Å²) < 4.78 is -0.365. The molecule has 0 atom stereocenters. The fourth-order valence-corrected chi connectivity index (χ4v) is 7.92. The Bertz CT molecular complexity index is 930. The summed E-state index contributed by atoms with van der Waals surface area (Å²) in [6.45, 7) is 0.771. The Kier molecular flexibility index (Phi) is 6.65. The molecule has 0 radical (unpaired) electrons. The number of benzene rings is 2. The minimum Gasteiger partial charge on any atom is -0.378 e. The number of thioether (sulfide) groups is 2. The van der Waals surface area contributed by atoms with Gasteiger partial charge in [-0.1, -0.05) is 66.6 Å². The lowest BCUT2D eigenvalue weighted by molar-refractivity contribution is 0.0642. The van der Waals surface area contributed by atoms with Crippen molar-refractivity contribution < 1.29 is 5.11 Å². The van der Waals surface area contributed by atoms with E-state index in [1.807, 2.05) is 49.8 Å². The summed E-state index contributed by atoms with van der Waals surface area (Å²) >= 11 is 3.85. The zero-order chi connectivity index (χ0) is 21.0. The summed E-state index contributed by atoms with van der Waals surface area (Å²) in [5.74, 6) is 8.77. The Morgan fingerprint density at radius 2 is 1.47 bits per heavy atom. The molecule has 30 heavy (non-hydrogen) atoms. The molecule has 4 heteroatoms. The van der Waals surface area contributed by atoms with Gasteiger partial charge in [-0.3, -0.25) is 4.90 Å². The number of rotatable bonds is 4. The van der Waals surface area contributed by atoms with Gasteiger partial charge in [-0.25, -0.2) is 0 Å². The number of fused-ring (bicyclic) bond motifs is 2. The second kappa shape index (κ2) is 9.24. The summed E-state index contributed by atoms with van der Waals surface area (Å²) in [5, 5.41) is 12.7. The van der Waals surface area contributed by atoms with Gasteiger partial charge in [0.1, 0.15) is 5.60 Å². The third kappa shape index (κ3) is 3.97. The molecule has 0 saturated carbocycles. The largest absolute Gasteiger partial charge is 0.378 e. The molecule has 1 aliphatic heterocycles. The normalized spacial score (nSPS) is 18.7. The third-order valence-corrected chi connectivity index (χ3v) is 9.38. The SMILES string of the molecule is CN(C)CC#CCCC1(C2(O)c3ccccc3C=Cc3ccccc32)SCCCS1. The van der Waals surface area contributed by atoms with Crippen LogP contribution in [0.2, 0.25) is 0 Å². The van der Waals surface area contributed by atoms with Crippen molar-refractivity contribution in [2.45, 2.75) is 28.9 Å². The fraction of sp³-hybridized carbons (Fsp3) is 0.385. The Balaban J connectivity index is 1.83.